The Morgan fingerprint density at radius 2 is 2.29 bits per heavy atom. The van der Waals surface area contributed by atoms with Gasteiger partial charge in [-0.2, -0.15) is 0 Å². The van der Waals surface area contributed by atoms with Gasteiger partial charge in [0.05, 0.1) is 11.9 Å². The first-order valence-electron chi connectivity index (χ1n) is 6.02. The van der Waals surface area contributed by atoms with Gasteiger partial charge in [0.2, 0.25) is 5.88 Å². The normalized spacial score (nSPS) is 18.6. The highest BCUT2D eigenvalue weighted by Gasteiger charge is 2.10. The third kappa shape index (κ3) is 3.78. The monoisotopic (exact) mass is 253 g/mol. The van der Waals surface area contributed by atoms with Crippen LogP contribution < -0.4 is 15.0 Å². The number of nitrogens with one attached hydrogen (secondary N) is 1. The van der Waals surface area contributed by atoms with Crippen molar-refractivity contribution >= 4 is 18.3 Å². The number of nitrogens with zero attached hydrogens (tertiary/aromatic N) is 2. The van der Waals surface area contributed by atoms with E-state index in [1.807, 2.05) is 19.2 Å². The van der Waals surface area contributed by atoms with Crippen molar-refractivity contribution in [2.75, 3.05) is 31.1 Å². The van der Waals surface area contributed by atoms with Crippen LogP contribution in [-0.2, 0) is 0 Å². The lowest BCUT2D eigenvalue weighted by Crippen LogP contribution is -2.27. The number of pyridine rings is 1. The van der Waals surface area contributed by atoms with Crippen molar-refractivity contribution < 1.29 is 4.74 Å². The molecule has 1 aliphatic rings. The Morgan fingerprint density at radius 3 is 3.00 bits per heavy atom. The van der Waals surface area contributed by atoms with E-state index < -0.39 is 0 Å². The number of hydrogen-bond donors (Lipinski definition) is 2. The van der Waals surface area contributed by atoms with Crippen LogP contribution in [0.15, 0.2) is 18.3 Å². The highest BCUT2D eigenvalue weighted by Crippen LogP contribution is 2.18. The van der Waals surface area contributed by atoms with Crippen LogP contribution in [-0.4, -0.2) is 36.6 Å². The highest BCUT2D eigenvalue weighted by atomic mass is 32.1. The van der Waals surface area contributed by atoms with Crippen LogP contribution in [0.1, 0.15) is 13.3 Å². The molecule has 0 bridgehead atoms. The zero-order valence-corrected chi connectivity index (χ0v) is 11.0. The summed E-state index contributed by atoms with van der Waals surface area (Å²) in [7, 11) is 0. The Bertz CT molecular complexity index is 334. The fourth-order valence-electron chi connectivity index (χ4n) is 1.91. The van der Waals surface area contributed by atoms with Gasteiger partial charge in [0, 0.05) is 25.7 Å². The molecule has 0 aromatic carbocycles. The second-order valence-corrected chi connectivity index (χ2v) is 4.89. The van der Waals surface area contributed by atoms with Gasteiger partial charge in [0.25, 0.3) is 0 Å². The average Bonchev–Trinajstić information content (AvgIpc) is 2.58. The quantitative estimate of drug-likeness (QED) is 0.633. The van der Waals surface area contributed by atoms with E-state index in [9.17, 15) is 0 Å². The molecule has 0 radical (unpaired) electrons. The lowest BCUT2D eigenvalue weighted by molar-refractivity contribution is 0.297. The maximum Gasteiger partial charge on any atom is 0.214 e. The van der Waals surface area contributed by atoms with Gasteiger partial charge in [-0.25, -0.2) is 4.98 Å². The maximum atomic E-state index is 5.40. The molecule has 4 nitrogen and oxygen atoms in total. The van der Waals surface area contributed by atoms with Crippen LogP contribution >= 0.6 is 12.6 Å². The molecule has 1 aromatic heterocycles. The molecule has 1 aliphatic heterocycles. The smallest absolute Gasteiger partial charge is 0.214 e. The van der Waals surface area contributed by atoms with Crippen LogP contribution in [0.4, 0.5) is 5.69 Å². The van der Waals surface area contributed by atoms with Gasteiger partial charge in [-0.15, -0.1) is 12.6 Å². The van der Waals surface area contributed by atoms with E-state index in [1.54, 1.807) is 0 Å². The summed E-state index contributed by atoms with van der Waals surface area (Å²) in [5, 5.41) is 3.39. The summed E-state index contributed by atoms with van der Waals surface area (Å²) in [6.45, 7) is 6.12. The summed E-state index contributed by atoms with van der Waals surface area (Å²) in [4.78, 5) is 6.64. The molecule has 0 saturated carbocycles. The molecule has 2 rings (SSSR count). The van der Waals surface area contributed by atoms with Gasteiger partial charge in [0.1, 0.15) is 5.44 Å². The first kappa shape index (κ1) is 12.5. The van der Waals surface area contributed by atoms with Crippen LogP contribution in [0.25, 0.3) is 0 Å². The summed E-state index contributed by atoms with van der Waals surface area (Å²) in [6, 6.07) is 3.96. The van der Waals surface area contributed by atoms with Gasteiger partial charge in [0.15, 0.2) is 0 Å². The SMILES string of the molecule is CC(S)Oc1ccc(N2CCCNCC2)cn1. The van der Waals surface area contributed by atoms with Crippen molar-refractivity contribution in [2.24, 2.45) is 0 Å². The molecule has 1 aromatic rings. The fourth-order valence-corrected chi connectivity index (χ4v) is 2.02. The van der Waals surface area contributed by atoms with E-state index in [0.29, 0.717) is 5.88 Å². The molecule has 94 valence electrons. The van der Waals surface area contributed by atoms with Gasteiger partial charge in [-0.3, -0.25) is 0 Å². The topological polar surface area (TPSA) is 37.4 Å². The Balaban J connectivity index is 2.00. The highest BCUT2D eigenvalue weighted by molar-refractivity contribution is 7.80. The number of rotatable bonds is 3. The third-order valence-corrected chi connectivity index (χ3v) is 2.82. The summed E-state index contributed by atoms with van der Waals surface area (Å²) in [5.74, 6) is 0.629. The molecule has 5 heteroatoms. The molecule has 1 saturated heterocycles. The van der Waals surface area contributed by atoms with E-state index in [1.165, 1.54) is 6.42 Å². The Morgan fingerprint density at radius 1 is 1.41 bits per heavy atom. The molecule has 1 fully saturated rings. The largest absolute Gasteiger partial charge is 0.464 e. The molecule has 1 N–H and O–H groups in total. The number of thiol groups is 1. The Kier molecular flexibility index (Phi) is 4.50. The first-order chi connectivity index (χ1) is 8.25. The minimum atomic E-state index is -0.129. The van der Waals surface area contributed by atoms with Crippen LogP contribution in [0.2, 0.25) is 0 Å². The number of ether oxygens (including phenoxy) is 1. The van der Waals surface area contributed by atoms with Crippen molar-refractivity contribution in [3.63, 3.8) is 0 Å². The zero-order valence-electron chi connectivity index (χ0n) is 10.1. The second kappa shape index (κ2) is 6.12. The summed E-state index contributed by atoms with van der Waals surface area (Å²) < 4.78 is 5.40. The van der Waals surface area contributed by atoms with Gasteiger partial charge in [-0.1, -0.05) is 0 Å². The van der Waals surface area contributed by atoms with Gasteiger partial charge >= 0.3 is 0 Å². The zero-order chi connectivity index (χ0) is 12.1. The predicted molar refractivity (Wildman–Crippen MR) is 73.0 cm³/mol. The van der Waals surface area contributed by atoms with Gasteiger partial charge in [-0.05, 0) is 26.0 Å². The van der Waals surface area contributed by atoms with Crippen LogP contribution in [0.5, 0.6) is 5.88 Å². The van der Waals surface area contributed by atoms with E-state index in [-0.39, 0.29) is 5.44 Å². The van der Waals surface area contributed by atoms with Crippen LogP contribution in [0, 0.1) is 0 Å². The van der Waals surface area contributed by atoms with Crippen molar-refractivity contribution in [1.29, 1.82) is 0 Å². The third-order valence-electron chi connectivity index (χ3n) is 2.72. The molecule has 0 aliphatic carbocycles. The molecule has 17 heavy (non-hydrogen) atoms. The van der Waals surface area contributed by atoms with Crippen LogP contribution in [0.3, 0.4) is 0 Å². The van der Waals surface area contributed by atoms with Crippen molar-refractivity contribution in [3.8, 4) is 5.88 Å². The number of aromatic nitrogens is 1. The summed E-state index contributed by atoms with van der Waals surface area (Å²) in [6.07, 6.45) is 3.04. The van der Waals surface area contributed by atoms with Gasteiger partial charge < -0.3 is 15.0 Å². The van der Waals surface area contributed by atoms with E-state index in [4.69, 9.17) is 4.74 Å². The molecule has 2 heterocycles. The molecule has 1 atom stereocenters. The minimum Gasteiger partial charge on any atom is -0.464 e. The molecule has 0 amide bonds. The van der Waals surface area contributed by atoms with Crippen molar-refractivity contribution in [2.45, 2.75) is 18.8 Å². The van der Waals surface area contributed by atoms with Crippen molar-refractivity contribution in [3.05, 3.63) is 18.3 Å². The molecule has 1 unspecified atom stereocenters. The fraction of sp³-hybridized carbons (Fsp3) is 0.583. The summed E-state index contributed by atoms with van der Waals surface area (Å²) in [5.41, 5.74) is 1.03. The molecular formula is C12H19N3OS. The standard InChI is InChI=1S/C12H19N3OS/c1-10(17)16-12-4-3-11(9-14-12)15-7-2-5-13-6-8-15/h3-4,9-10,13,17H,2,5-8H2,1H3. The average molecular weight is 253 g/mol. The molecule has 0 spiro atoms. The number of anilines is 1. The minimum absolute atomic E-state index is 0.129. The van der Waals surface area contributed by atoms with Crippen molar-refractivity contribution in [1.82, 2.24) is 10.3 Å². The lowest BCUT2D eigenvalue weighted by Gasteiger charge is -2.22. The number of hydrogen-bond acceptors (Lipinski definition) is 5. The Hall–Kier alpha value is -0.940. The lowest BCUT2D eigenvalue weighted by atomic mass is 10.3. The second-order valence-electron chi connectivity index (χ2n) is 4.16. The summed E-state index contributed by atoms with van der Waals surface area (Å²) >= 11 is 4.17. The maximum absolute atomic E-state index is 5.40. The first-order valence-corrected chi connectivity index (χ1v) is 6.54. The van der Waals surface area contributed by atoms with E-state index in [0.717, 1.165) is 31.9 Å². The van der Waals surface area contributed by atoms with E-state index in [2.05, 4.69) is 33.9 Å². The van der Waals surface area contributed by atoms with E-state index >= 15 is 0 Å². The molecular weight excluding hydrogens is 234 g/mol. The Labute approximate surface area is 108 Å². The predicted octanol–water partition coefficient (Wildman–Crippen LogP) is 1.54.